The fourth-order valence-corrected chi connectivity index (χ4v) is 2.93. The summed E-state index contributed by atoms with van der Waals surface area (Å²) >= 11 is 0. The van der Waals surface area contributed by atoms with E-state index in [9.17, 15) is 17.4 Å². The van der Waals surface area contributed by atoms with E-state index in [1.54, 1.807) is 20.8 Å². The highest BCUT2D eigenvalue weighted by Gasteiger charge is 2.28. The number of H-pyrrole nitrogens is 1. The van der Waals surface area contributed by atoms with E-state index in [-0.39, 0.29) is 34.0 Å². The van der Waals surface area contributed by atoms with E-state index >= 15 is 0 Å². The standard InChI is InChI=1S/C11H20N4O4S2/c1-6(2)8-10(21(12,18)19)9(15-14-8)11(16)13-5-7(3)20(4)17/h6-7H,5H2,1-4H3,(H,13,16)(H,14,15)(H2,12,18,19). The molecule has 0 saturated heterocycles. The van der Waals surface area contributed by atoms with Crippen molar-refractivity contribution in [2.45, 2.75) is 36.8 Å². The summed E-state index contributed by atoms with van der Waals surface area (Å²) in [6, 6.07) is 0. The van der Waals surface area contributed by atoms with Crippen LogP contribution < -0.4 is 10.5 Å². The lowest BCUT2D eigenvalue weighted by molar-refractivity contribution is 0.0945. The van der Waals surface area contributed by atoms with Crippen LogP contribution in [0.1, 0.15) is 42.9 Å². The third-order valence-corrected chi connectivity index (χ3v) is 5.22. The Kier molecular flexibility index (Phi) is 5.65. The highest BCUT2D eigenvalue weighted by molar-refractivity contribution is 7.89. The van der Waals surface area contributed by atoms with Crippen LogP contribution in [0.25, 0.3) is 0 Å². The molecule has 2 atom stereocenters. The first kappa shape index (κ1) is 17.8. The Balaban J connectivity index is 3.09. The Bertz CT molecular complexity index is 651. The van der Waals surface area contributed by atoms with Gasteiger partial charge in [-0.1, -0.05) is 13.8 Å². The second-order valence-electron chi connectivity index (χ2n) is 5.03. The molecule has 1 heterocycles. The quantitative estimate of drug-likeness (QED) is 0.654. The molecule has 0 spiro atoms. The molecule has 0 fully saturated rings. The van der Waals surface area contributed by atoms with Crippen molar-refractivity contribution in [1.29, 1.82) is 0 Å². The van der Waals surface area contributed by atoms with Gasteiger partial charge in [-0.3, -0.25) is 14.1 Å². The molecule has 1 amide bonds. The largest absolute Gasteiger partial charge is 0.349 e. The van der Waals surface area contributed by atoms with Crippen molar-refractivity contribution >= 4 is 26.7 Å². The number of hydrogen-bond acceptors (Lipinski definition) is 5. The van der Waals surface area contributed by atoms with Gasteiger partial charge in [-0.15, -0.1) is 0 Å². The van der Waals surface area contributed by atoms with Crippen LogP contribution in [0.3, 0.4) is 0 Å². The Hall–Kier alpha value is -1.26. The molecule has 8 nitrogen and oxygen atoms in total. The molecule has 0 aliphatic heterocycles. The Morgan fingerprint density at radius 1 is 1.43 bits per heavy atom. The molecule has 1 rings (SSSR count). The summed E-state index contributed by atoms with van der Waals surface area (Å²) in [4.78, 5) is 11.8. The summed E-state index contributed by atoms with van der Waals surface area (Å²) in [5.74, 6) is -0.853. The number of nitrogens with two attached hydrogens (primary N) is 1. The zero-order chi connectivity index (χ0) is 16.4. The van der Waals surface area contributed by atoms with Crippen LogP contribution in [0, 0.1) is 0 Å². The van der Waals surface area contributed by atoms with Gasteiger partial charge >= 0.3 is 0 Å². The summed E-state index contributed by atoms with van der Waals surface area (Å²) < 4.78 is 34.6. The molecular formula is C11H20N4O4S2. The molecule has 2 unspecified atom stereocenters. The molecule has 4 N–H and O–H groups in total. The lowest BCUT2D eigenvalue weighted by Crippen LogP contribution is -2.34. The zero-order valence-electron chi connectivity index (χ0n) is 12.3. The predicted molar refractivity (Wildman–Crippen MR) is 79.9 cm³/mol. The molecular weight excluding hydrogens is 316 g/mol. The van der Waals surface area contributed by atoms with E-state index < -0.39 is 26.7 Å². The maximum atomic E-state index is 12.1. The van der Waals surface area contributed by atoms with E-state index in [0.29, 0.717) is 0 Å². The topological polar surface area (TPSA) is 135 Å². The van der Waals surface area contributed by atoms with Gasteiger partial charge in [0.25, 0.3) is 5.91 Å². The van der Waals surface area contributed by atoms with Crippen molar-refractivity contribution in [2.24, 2.45) is 5.14 Å². The third-order valence-electron chi connectivity index (χ3n) is 2.94. The van der Waals surface area contributed by atoms with Crippen LogP contribution in [0.5, 0.6) is 0 Å². The first-order valence-electron chi connectivity index (χ1n) is 6.27. The lowest BCUT2D eigenvalue weighted by atomic mass is 10.1. The van der Waals surface area contributed by atoms with Crippen LogP contribution >= 0.6 is 0 Å². The predicted octanol–water partition coefficient (Wildman–Crippen LogP) is -0.323. The van der Waals surface area contributed by atoms with Crippen molar-refractivity contribution in [3.8, 4) is 0 Å². The van der Waals surface area contributed by atoms with Gasteiger partial charge in [0.15, 0.2) is 5.69 Å². The lowest BCUT2D eigenvalue weighted by Gasteiger charge is -2.10. The highest BCUT2D eigenvalue weighted by atomic mass is 32.2. The zero-order valence-corrected chi connectivity index (χ0v) is 14.0. The number of rotatable bonds is 6. The Morgan fingerprint density at radius 2 is 2.00 bits per heavy atom. The number of nitrogens with one attached hydrogen (secondary N) is 2. The van der Waals surface area contributed by atoms with E-state index in [2.05, 4.69) is 15.5 Å². The molecule has 120 valence electrons. The Labute approximate surface area is 126 Å². The van der Waals surface area contributed by atoms with Crippen molar-refractivity contribution in [2.75, 3.05) is 12.8 Å². The minimum atomic E-state index is -4.08. The molecule has 0 bridgehead atoms. The van der Waals surface area contributed by atoms with Gasteiger partial charge in [0.2, 0.25) is 10.0 Å². The molecule has 0 aliphatic carbocycles. The monoisotopic (exact) mass is 336 g/mol. The number of primary sulfonamides is 1. The van der Waals surface area contributed by atoms with Gasteiger partial charge in [0, 0.05) is 28.9 Å². The molecule has 1 aromatic heterocycles. The van der Waals surface area contributed by atoms with E-state index in [4.69, 9.17) is 5.14 Å². The number of nitrogens with zero attached hydrogens (tertiary/aromatic N) is 1. The SMILES string of the molecule is CC(C)c1[nH]nc(C(=O)NCC(C)S(C)=O)c1S(N)(=O)=O. The second-order valence-corrected chi connectivity index (χ2v) is 8.33. The summed E-state index contributed by atoms with van der Waals surface area (Å²) in [6.07, 6.45) is 1.53. The number of sulfonamides is 1. The number of aromatic amines is 1. The van der Waals surface area contributed by atoms with Crippen LogP contribution in [0.4, 0.5) is 0 Å². The maximum absolute atomic E-state index is 12.1. The molecule has 10 heteroatoms. The fraction of sp³-hybridized carbons (Fsp3) is 0.636. The minimum absolute atomic E-state index is 0.149. The van der Waals surface area contributed by atoms with Crippen molar-refractivity contribution in [1.82, 2.24) is 15.5 Å². The van der Waals surface area contributed by atoms with Crippen LogP contribution in [0.2, 0.25) is 0 Å². The highest BCUT2D eigenvalue weighted by Crippen LogP contribution is 2.23. The number of hydrogen-bond donors (Lipinski definition) is 3. The van der Waals surface area contributed by atoms with Crippen molar-refractivity contribution < 1.29 is 17.4 Å². The molecule has 21 heavy (non-hydrogen) atoms. The fourth-order valence-electron chi connectivity index (χ4n) is 1.62. The summed E-state index contributed by atoms with van der Waals surface area (Å²) in [6.45, 7) is 5.37. The second kappa shape index (κ2) is 6.67. The molecule has 1 aromatic rings. The summed E-state index contributed by atoms with van der Waals surface area (Å²) in [7, 11) is -5.17. The van der Waals surface area contributed by atoms with Gasteiger partial charge in [-0.2, -0.15) is 5.10 Å². The molecule has 0 aliphatic rings. The average molecular weight is 336 g/mol. The number of carbonyl (C=O) groups excluding carboxylic acids is 1. The van der Waals surface area contributed by atoms with Crippen LogP contribution in [0.15, 0.2) is 4.90 Å². The van der Waals surface area contributed by atoms with Crippen LogP contribution in [-0.2, 0) is 20.8 Å². The number of aromatic nitrogens is 2. The van der Waals surface area contributed by atoms with E-state index in [0.717, 1.165) is 0 Å². The normalized spacial score (nSPS) is 15.0. The molecule has 0 aromatic carbocycles. The molecule has 0 radical (unpaired) electrons. The summed E-state index contributed by atoms with van der Waals surface area (Å²) in [5.41, 5.74) is 0.0186. The van der Waals surface area contributed by atoms with Gasteiger partial charge in [-0.05, 0) is 12.8 Å². The van der Waals surface area contributed by atoms with Gasteiger partial charge in [0.05, 0.1) is 5.69 Å². The smallest absolute Gasteiger partial charge is 0.273 e. The maximum Gasteiger partial charge on any atom is 0.273 e. The van der Waals surface area contributed by atoms with Gasteiger partial charge < -0.3 is 5.32 Å². The molecule has 0 saturated carbocycles. The van der Waals surface area contributed by atoms with Crippen molar-refractivity contribution in [3.05, 3.63) is 11.4 Å². The first-order valence-corrected chi connectivity index (χ1v) is 9.44. The van der Waals surface area contributed by atoms with Gasteiger partial charge in [-0.25, -0.2) is 13.6 Å². The average Bonchev–Trinajstić information content (AvgIpc) is 2.79. The van der Waals surface area contributed by atoms with Crippen LogP contribution in [-0.4, -0.2) is 46.8 Å². The van der Waals surface area contributed by atoms with E-state index in [1.165, 1.54) is 6.26 Å². The summed E-state index contributed by atoms with van der Waals surface area (Å²) in [5, 5.41) is 13.7. The van der Waals surface area contributed by atoms with E-state index in [1.807, 2.05) is 0 Å². The first-order chi connectivity index (χ1) is 9.55. The number of carbonyl (C=O) groups is 1. The third kappa shape index (κ3) is 4.35. The number of amides is 1. The van der Waals surface area contributed by atoms with Gasteiger partial charge in [0.1, 0.15) is 4.90 Å². The minimum Gasteiger partial charge on any atom is -0.349 e. The Morgan fingerprint density at radius 3 is 2.43 bits per heavy atom. The van der Waals surface area contributed by atoms with Crippen molar-refractivity contribution in [3.63, 3.8) is 0 Å².